The van der Waals surface area contributed by atoms with Gasteiger partial charge in [-0.25, -0.2) is 9.97 Å². The summed E-state index contributed by atoms with van der Waals surface area (Å²) in [6.07, 6.45) is 3.58. The van der Waals surface area contributed by atoms with E-state index in [-0.39, 0.29) is 0 Å². The summed E-state index contributed by atoms with van der Waals surface area (Å²) < 4.78 is 1.20. The highest BCUT2D eigenvalue weighted by atomic mass is 127. The summed E-state index contributed by atoms with van der Waals surface area (Å²) in [7, 11) is 0. The average molecular weight is 373 g/mol. The van der Waals surface area contributed by atoms with Crippen molar-refractivity contribution in [2.75, 3.05) is 4.90 Å². The number of rotatable bonds is 3. The van der Waals surface area contributed by atoms with E-state index >= 15 is 0 Å². The quantitative estimate of drug-likeness (QED) is 0.631. The summed E-state index contributed by atoms with van der Waals surface area (Å²) in [5, 5.41) is 0. The number of aromatic nitrogens is 2. The molecule has 0 aliphatic carbocycles. The Hall–Kier alpha value is -1.95. The first-order valence-electron chi connectivity index (χ1n) is 6.22. The molecule has 0 bridgehead atoms. The van der Waals surface area contributed by atoms with Crippen LogP contribution in [0.15, 0.2) is 73.1 Å². The van der Waals surface area contributed by atoms with Gasteiger partial charge in [0, 0.05) is 21.7 Å². The van der Waals surface area contributed by atoms with Crippen LogP contribution in [0.3, 0.4) is 0 Å². The third-order valence-corrected chi connectivity index (χ3v) is 3.56. The van der Waals surface area contributed by atoms with Crippen LogP contribution >= 0.6 is 22.6 Å². The van der Waals surface area contributed by atoms with Gasteiger partial charge in [-0.2, -0.15) is 0 Å². The molecular weight excluding hydrogens is 361 g/mol. The van der Waals surface area contributed by atoms with Crippen LogP contribution in [0.2, 0.25) is 0 Å². The van der Waals surface area contributed by atoms with Crippen LogP contribution in [0, 0.1) is 3.57 Å². The van der Waals surface area contributed by atoms with Gasteiger partial charge in [0.1, 0.15) is 11.6 Å². The maximum atomic E-state index is 4.44. The highest BCUT2D eigenvalue weighted by Gasteiger charge is 2.13. The molecule has 0 atom stereocenters. The molecule has 0 spiro atoms. The van der Waals surface area contributed by atoms with Crippen LogP contribution in [0.4, 0.5) is 17.3 Å². The third-order valence-electron chi connectivity index (χ3n) is 2.84. The van der Waals surface area contributed by atoms with Gasteiger partial charge < -0.3 is 0 Å². The lowest BCUT2D eigenvalue weighted by Gasteiger charge is -2.22. The monoisotopic (exact) mass is 373 g/mol. The van der Waals surface area contributed by atoms with Crippen molar-refractivity contribution in [1.29, 1.82) is 0 Å². The van der Waals surface area contributed by atoms with Crippen molar-refractivity contribution >= 4 is 39.9 Å². The van der Waals surface area contributed by atoms with Crippen LogP contribution in [0.25, 0.3) is 0 Å². The molecule has 0 saturated heterocycles. The predicted molar refractivity (Wildman–Crippen MR) is 89.4 cm³/mol. The topological polar surface area (TPSA) is 29.0 Å². The first kappa shape index (κ1) is 13.1. The Morgan fingerprint density at radius 3 is 1.70 bits per heavy atom. The normalized spacial score (nSPS) is 10.2. The number of hydrogen-bond acceptors (Lipinski definition) is 3. The van der Waals surface area contributed by atoms with Crippen LogP contribution < -0.4 is 4.90 Å². The summed E-state index contributed by atoms with van der Waals surface area (Å²) in [5.74, 6) is 1.71. The molecule has 4 heteroatoms. The van der Waals surface area contributed by atoms with E-state index in [9.17, 15) is 0 Å². The highest BCUT2D eigenvalue weighted by Crippen LogP contribution is 2.31. The Kier molecular flexibility index (Phi) is 3.92. The Morgan fingerprint density at radius 2 is 1.25 bits per heavy atom. The minimum absolute atomic E-state index is 0.854. The fraction of sp³-hybridized carbons (Fsp3) is 0. The van der Waals surface area contributed by atoms with Gasteiger partial charge in [0.05, 0.1) is 0 Å². The molecule has 0 amide bonds. The Labute approximate surface area is 131 Å². The summed E-state index contributed by atoms with van der Waals surface area (Å²) in [4.78, 5) is 10.9. The molecule has 0 saturated carbocycles. The molecule has 0 N–H and O–H groups in total. The Bertz CT molecular complexity index is 630. The number of benzene rings is 1. The molecule has 0 radical (unpaired) electrons. The maximum absolute atomic E-state index is 4.44. The van der Waals surface area contributed by atoms with Gasteiger partial charge in [0.2, 0.25) is 0 Å². The fourth-order valence-corrected chi connectivity index (χ4v) is 2.30. The Morgan fingerprint density at radius 1 is 0.700 bits per heavy atom. The van der Waals surface area contributed by atoms with Crippen LogP contribution in [0.1, 0.15) is 0 Å². The number of halogens is 1. The van der Waals surface area contributed by atoms with Crippen molar-refractivity contribution in [3.63, 3.8) is 0 Å². The summed E-state index contributed by atoms with van der Waals surface area (Å²) >= 11 is 2.30. The zero-order valence-corrected chi connectivity index (χ0v) is 12.8. The molecule has 98 valence electrons. The molecule has 0 aliphatic heterocycles. The molecule has 1 aromatic carbocycles. The highest BCUT2D eigenvalue weighted by molar-refractivity contribution is 14.1. The molecule has 3 aromatic rings. The van der Waals surface area contributed by atoms with E-state index in [1.165, 1.54) is 3.57 Å². The van der Waals surface area contributed by atoms with E-state index < -0.39 is 0 Å². The number of hydrogen-bond donors (Lipinski definition) is 0. The van der Waals surface area contributed by atoms with Gasteiger partial charge in [-0.05, 0) is 71.1 Å². The second-order valence-electron chi connectivity index (χ2n) is 4.19. The minimum Gasteiger partial charge on any atom is -0.279 e. The molecule has 20 heavy (non-hydrogen) atoms. The van der Waals surface area contributed by atoms with E-state index in [0.29, 0.717) is 0 Å². The van der Waals surface area contributed by atoms with Crippen molar-refractivity contribution < 1.29 is 0 Å². The lowest BCUT2D eigenvalue weighted by atomic mass is 10.2. The number of pyridine rings is 2. The van der Waals surface area contributed by atoms with Crippen molar-refractivity contribution in [3.05, 3.63) is 76.6 Å². The van der Waals surface area contributed by atoms with E-state index in [4.69, 9.17) is 0 Å². The molecule has 2 aromatic heterocycles. The second-order valence-corrected chi connectivity index (χ2v) is 5.43. The second kappa shape index (κ2) is 6.00. The van der Waals surface area contributed by atoms with Gasteiger partial charge in [-0.3, -0.25) is 4.90 Å². The summed E-state index contributed by atoms with van der Waals surface area (Å²) in [6, 6.07) is 20.0. The van der Waals surface area contributed by atoms with Crippen molar-refractivity contribution in [3.8, 4) is 0 Å². The molecule has 0 fully saturated rings. The molecular formula is C16H12IN3. The molecule has 0 unspecified atom stereocenters. The summed E-state index contributed by atoms with van der Waals surface area (Å²) in [5.41, 5.74) is 1.04. The van der Waals surface area contributed by atoms with Gasteiger partial charge >= 0.3 is 0 Å². The fourth-order valence-electron chi connectivity index (χ4n) is 1.94. The van der Waals surface area contributed by atoms with Crippen LogP contribution in [-0.2, 0) is 0 Å². The Balaban J connectivity index is 2.11. The first-order chi connectivity index (χ1) is 9.84. The lowest BCUT2D eigenvalue weighted by Crippen LogP contribution is -2.12. The van der Waals surface area contributed by atoms with Crippen LogP contribution in [-0.4, -0.2) is 9.97 Å². The van der Waals surface area contributed by atoms with E-state index in [2.05, 4.69) is 56.8 Å². The molecule has 3 nitrogen and oxygen atoms in total. The van der Waals surface area contributed by atoms with Gasteiger partial charge in [-0.15, -0.1) is 0 Å². The average Bonchev–Trinajstić information content (AvgIpc) is 2.52. The minimum atomic E-state index is 0.854. The van der Waals surface area contributed by atoms with Gasteiger partial charge in [0.15, 0.2) is 0 Å². The zero-order chi connectivity index (χ0) is 13.8. The van der Waals surface area contributed by atoms with Crippen molar-refractivity contribution in [2.24, 2.45) is 0 Å². The van der Waals surface area contributed by atoms with Crippen molar-refractivity contribution in [1.82, 2.24) is 9.97 Å². The largest absolute Gasteiger partial charge is 0.279 e. The predicted octanol–water partition coefficient (Wildman–Crippen LogP) is 4.55. The zero-order valence-electron chi connectivity index (χ0n) is 10.6. The maximum Gasteiger partial charge on any atom is 0.138 e. The van der Waals surface area contributed by atoms with E-state index in [1.807, 2.05) is 41.3 Å². The number of nitrogens with zero attached hydrogens (tertiary/aromatic N) is 3. The smallest absolute Gasteiger partial charge is 0.138 e. The third kappa shape index (κ3) is 2.80. The van der Waals surface area contributed by atoms with Crippen LogP contribution in [0.5, 0.6) is 0 Å². The number of anilines is 3. The van der Waals surface area contributed by atoms with E-state index in [1.54, 1.807) is 12.4 Å². The van der Waals surface area contributed by atoms with Gasteiger partial charge in [-0.1, -0.05) is 12.1 Å². The molecule has 2 heterocycles. The SMILES string of the molecule is Ic1ccc(N(c2ccccn2)c2ccccn2)cc1. The summed E-state index contributed by atoms with van der Waals surface area (Å²) in [6.45, 7) is 0. The molecule has 3 rings (SSSR count). The van der Waals surface area contributed by atoms with Gasteiger partial charge in [0.25, 0.3) is 0 Å². The van der Waals surface area contributed by atoms with E-state index in [0.717, 1.165) is 17.3 Å². The lowest BCUT2D eigenvalue weighted by molar-refractivity contribution is 1.12. The first-order valence-corrected chi connectivity index (χ1v) is 7.30. The van der Waals surface area contributed by atoms with Crippen molar-refractivity contribution in [2.45, 2.75) is 0 Å². The standard InChI is InChI=1S/C16H12IN3/c17-13-7-9-14(10-8-13)20(15-5-1-3-11-18-15)16-6-2-4-12-19-16/h1-12H. The molecule has 0 aliphatic rings.